The van der Waals surface area contributed by atoms with Crippen LogP contribution in [0.25, 0.3) is 0 Å². The second kappa shape index (κ2) is 6.39. The van der Waals surface area contributed by atoms with Gasteiger partial charge in [0.2, 0.25) is 0 Å². The van der Waals surface area contributed by atoms with Crippen molar-refractivity contribution in [3.63, 3.8) is 0 Å². The van der Waals surface area contributed by atoms with Crippen LogP contribution in [0.1, 0.15) is 49.3 Å². The first-order valence-electron chi connectivity index (χ1n) is 6.34. The van der Waals surface area contributed by atoms with Crippen LogP contribution >= 0.6 is 12.4 Å². The van der Waals surface area contributed by atoms with E-state index >= 15 is 0 Å². The van der Waals surface area contributed by atoms with Crippen molar-refractivity contribution in [1.82, 2.24) is 0 Å². The molecule has 0 saturated heterocycles. The van der Waals surface area contributed by atoms with E-state index < -0.39 is 5.82 Å². The Labute approximate surface area is 114 Å². The van der Waals surface area contributed by atoms with Gasteiger partial charge in [-0.25, -0.2) is 4.39 Å². The second-order valence-electron chi connectivity index (χ2n) is 5.11. The zero-order valence-electron chi connectivity index (χ0n) is 10.7. The molecular formula is C14H21ClFNO. The number of phenols is 1. The Bertz CT molecular complexity index is 405. The molecule has 102 valence electrons. The zero-order valence-corrected chi connectivity index (χ0v) is 11.5. The van der Waals surface area contributed by atoms with E-state index in [1.807, 2.05) is 6.92 Å². The van der Waals surface area contributed by atoms with Crippen LogP contribution in [0.2, 0.25) is 0 Å². The minimum Gasteiger partial charge on any atom is -0.505 e. The van der Waals surface area contributed by atoms with E-state index in [9.17, 15) is 9.50 Å². The average Bonchev–Trinajstić information content (AvgIpc) is 2.34. The molecule has 1 saturated carbocycles. The van der Waals surface area contributed by atoms with Crippen molar-refractivity contribution in [2.24, 2.45) is 11.7 Å². The Hall–Kier alpha value is -0.800. The van der Waals surface area contributed by atoms with Crippen molar-refractivity contribution in [1.29, 1.82) is 0 Å². The SMILES string of the molecule is Cc1cc(F)c(O)c([C@H](N)C2CCCCC2)c1.Cl. The van der Waals surface area contributed by atoms with Crippen molar-refractivity contribution in [2.45, 2.75) is 45.1 Å². The summed E-state index contributed by atoms with van der Waals surface area (Å²) >= 11 is 0. The molecule has 1 aliphatic rings. The molecule has 3 N–H and O–H groups in total. The predicted octanol–water partition coefficient (Wildman–Crippen LogP) is 3.84. The Morgan fingerprint density at radius 3 is 2.50 bits per heavy atom. The highest BCUT2D eigenvalue weighted by Crippen LogP contribution is 2.37. The lowest BCUT2D eigenvalue weighted by molar-refractivity contribution is 0.300. The molecule has 4 heteroatoms. The highest BCUT2D eigenvalue weighted by Gasteiger charge is 2.25. The maximum atomic E-state index is 13.5. The van der Waals surface area contributed by atoms with Crippen molar-refractivity contribution in [2.75, 3.05) is 0 Å². The molecule has 0 heterocycles. The van der Waals surface area contributed by atoms with Crippen LogP contribution in [0.4, 0.5) is 4.39 Å². The number of phenolic OH excluding ortho intramolecular Hbond substituents is 1. The van der Waals surface area contributed by atoms with Gasteiger partial charge in [0.15, 0.2) is 11.6 Å². The average molecular weight is 274 g/mol. The number of hydrogen-bond acceptors (Lipinski definition) is 2. The molecule has 1 aromatic rings. The van der Waals surface area contributed by atoms with Gasteiger partial charge < -0.3 is 10.8 Å². The number of nitrogens with two attached hydrogens (primary N) is 1. The number of hydrogen-bond donors (Lipinski definition) is 2. The highest BCUT2D eigenvalue weighted by atomic mass is 35.5. The molecule has 0 aliphatic heterocycles. The van der Waals surface area contributed by atoms with Crippen LogP contribution in [-0.4, -0.2) is 5.11 Å². The molecule has 1 atom stereocenters. The van der Waals surface area contributed by atoms with Crippen molar-refractivity contribution in [3.8, 4) is 5.75 Å². The molecule has 1 aromatic carbocycles. The third-order valence-electron chi connectivity index (χ3n) is 3.75. The van der Waals surface area contributed by atoms with Gasteiger partial charge >= 0.3 is 0 Å². The molecule has 1 aliphatic carbocycles. The summed E-state index contributed by atoms with van der Waals surface area (Å²) in [5.41, 5.74) is 7.55. The molecular weight excluding hydrogens is 253 g/mol. The lowest BCUT2D eigenvalue weighted by atomic mass is 9.81. The number of benzene rings is 1. The molecule has 0 bridgehead atoms. The third kappa shape index (κ3) is 3.15. The Kier molecular flexibility index (Phi) is 5.42. The first kappa shape index (κ1) is 15.3. The number of halogens is 2. The van der Waals surface area contributed by atoms with Gasteiger partial charge in [0.1, 0.15) is 0 Å². The zero-order chi connectivity index (χ0) is 12.4. The second-order valence-corrected chi connectivity index (χ2v) is 5.11. The van der Waals surface area contributed by atoms with Crippen molar-refractivity contribution in [3.05, 3.63) is 29.1 Å². The van der Waals surface area contributed by atoms with E-state index in [1.165, 1.54) is 25.3 Å². The number of aryl methyl sites for hydroxylation is 1. The van der Waals surface area contributed by atoms with Crippen LogP contribution in [-0.2, 0) is 0 Å². The fourth-order valence-electron chi connectivity index (χ4n) is 2.76. The van der Waals surface area contributed by atoms with Gasteiger partial charge in [0.25, 0.3) is 0 Å². The summed E-state index contributed by atoms with van der Waals surface area (Å²) in [6.45, 7) is 1.82. The molecule has 2 nitrogen and oxygen atoms in total. The van der Waals surface area contributed by atoms with Crippen LogP contribution < -0.4 is 5.73 Å². The summed E-state index contributed by atoms with van der Waals surface area (Å²) in [4.78, 5) is 0. The van der Waals surface area contributed by atoms with Gasteiger partial charge in [-0.3, -0.25) is 0 Å². The van der Waals surface area contributed by atoms with Crippen LogP contribution in [0, 0.1) is 18.7 Å². The standard InChI is InChI=1S/C14H20FNO.ClH/c1-9-7-11(14(17)12(15)8-9)13(16)10-5-3-2-4-6-10;/h7-8,10,13,17H,2-6,16H2,1H3;1H/t13-;/m1./s1. The molecule has 1 fully saturated rings. The molecule has 0 amide bonds. The van der Waals surface area contributed by atoms with Gasteiger partial charge in [-0.05, 0) is 37.3 Å². The fraction of sp³-hybridized carbons (Fsp3) is 0.571. The van der Waals surface area contributed by atoms with Crippen LogP contribution in [0.3, 0.4) is 0 Å². The summed E-state index contributed by atoms with van der Waals surface area (Å²) in [5.74, 6) is -0.462. The van der Waals surface area contributed by atoms with Gasteiger partial charge in [0.05, 0.1) is 0 Å². The lowest BCUT2D eigenvalue weighted by Crippen LogP contribution is -2.23. The first-order chi connectivity index (χ1) is 8.09. The normalized spacial score (nSPS) is 18.2. The quantitative estimate of drug-likeness (QED) is 0.860. The topological polar surface area (TPSA) is 46.2 Å². The van der Waals surface area contributed by atoms with Gasteiger partial charge in [-0.15, -0.1) is 12.4 Å². The van der Waals surface area contributed by atoms with E-state index in [0.717, 1.165) is 18.4 Å². The Balaban J connectivity index is 0.00000162. The van der Waals surface area contributed by atoms with Gasteiger partial charge in [-0.2, -0.15) is 0 Å². The Morgan fingerprint density at radius 2 is 1.89 bits per heavy atom. The van der Waals surface area contributed by atoms with E-state index in [2.05, 4.69) is 0 Å². The van der Waals surface area contributed by atoms with E-state index in [0.29, 0.717) is 11.5 Å². The summed E-state index contributed by atoms with van der Waals surface area (Å²) < 4.78 is 13.5. The maximum absolute atomic E-state index is 13.5. The van der Waals surface area contributed by atoms with Gasteiger partial charge in [0, 0.05) is 11.6 Å². The van der Waals surface area contributed by atoms with Gasteiger partial charge in [-0.1, -0.05) is 25.3 Å². The molecule has 18 heavy (non-hydrogen) atoms. The number of aromatic hydroxyl groups is 1. The summed E-state index contributed by atoms with van der Waals surface area (Å²) in [6.07, 6.45) is 5.80. The minimum absolute atomic E-state index is 0. The molecule has 0 aromatic heterocycles. The predicted molar refractivity (Wildman–Crippen MR) is 73.6 cm³/mol. The Morgan fingerprint density at radius 1 is 1.28 bits per heavy atom. The van der Waals surface area contributed by atoms with Crippen LogP contribution in [0.5, 0.6) is 5.75 Å². The fourth-order valence-corrected chi connectivity index (χ4v) is 2.76. The van der Waals surface area contributed by atoms with E-state index in [-0.39, 0.29) is 24.2 Å². The van der Waals surface area contributed by atoms with Crippen LogP contribution in [0.15, 0.2) is 12.1 Å². The van der Waals surface area contributed by atoms with Crippen molar-refractivity contribution < 1.29 is 9.50 Å². The minimum atomic E-state index is -0.564. The van der Waals surface area contributed by atoms with Crippen molar-refractivity contribution >= 4 is 12.4 Å². The van der Waals surface area contributed by atoms with E-state index in [1.54, 1.807) is 6.07 Å². The third-order valence-corrected chi connectivity index (χ3v) is 3.75. The summed E-state index contributed by atoms with van der Waals surface area (Å²) in [7, 11) is 0. The maximum Gasteiger partial charge on any atom is 0.165 e. The molecule has 0 unspecified atom stereocenters. The van der Waals surface area contributed by atoms with E-state index in [4.69, 9.17) is 5.73 Å². The largest absolute Gasteiger partial charge is 0.505 e. The monoisotopic (exact) mass is 273 g/mol. The molecule has 2 rings (SSSR count). The lowest BCUT2D eigenvalue weighted by Gasteiger charge is -2.28. The first-order valence-corrected chi connectivity index (χ1v) is 6.34. The summed E-state index contributed by atoms with van der Waals surface area (Å²) in [5, 5.41) is 9.77. The number of rotatable bonds is 2. The molecule has 0 spiro atoms. The molecule has 0 radical (unpaired) electrons. The highest BCUT2D eigenvalue weighted by molar-refractivity contribution is 5.85. The summed E-state index contributed by atoms with van der Waals surface area (Å²) in [6, 6.07) is 2.90. The smallest absolute Gasteiger partial charge is 0.165 e.